The van der Waals surface area contributed by atoms with E-state index < -0.39 is 36.3 Å². The summed E-state index contributed by atoms with van der Waals surface area (Å²) in [5.74, 6) is -3.35. The number of likely N-dealkylation sites (tertiary alicyclic amines) is 1. The largest absolute Gasteiger partial charge is 0.405 e. The van der Waals surface area contributed by atoms with Crippen molar-refractivity contribution in [3.8, 4) is 0 Å². The van der Waals surface area contributed by atoms with Crippen LogP contribution < -0.4 is 5.32 Å². The van der Waals surface area contributed by atoms with Gasteiger partial charge in [0.05, 0.1) is 0 Å². The number of halogens is 5. The predicted molar refractivity (Wildman–Crippen MR) is 73.6 cm³/mol. The molecule has 0 aromatic heterocycles. The van der Waals surface area contributed by atoms with Gasteiger partial charge in [0.2, 0.25) is 11.8 Å². The lowest BCUT2D eigenvalue weighted by molar-refractivity contribution is -0.139. The zero-order chi connectivity index (χ0) is 17.9. The van der Waals surface area contributed by atoms with E-state index in [1.54, 1.807) is 5.32 Å². The van der Waals surface area contributed by atoms with Crippen molar-refractivity contribution in [1.82, 2.24) is 10.2 Å². The molecular weight excluding hydrogens is 335 g/mol. The van der Waals surface area contributed by atoms with E-state index in [0.29, 0.717) is 0 Å². The van der Waals surface area contributed by atoms with Crippen LogP contribution in [0.1, 0.15) is 24.8 Å². The third-order valence-corrected chi connectivity index (χ3v) is 3.73. The summed E-state index contributed by atoms with van der Waals surface area (Å²) in [5, 5.41) is 1.73. The van der Waals surface area contributed by atoms with Gasteiger partial charge in [0, 0.05) is 31.0 Å². The maximum atomic E-state index is 13.7. The van der Waals surface area contributed by atoms with Crippen LogP contribution in [0, 0.1) is 11.6 Å². The fourth-order valence-electron chi connectivity index (χ4n) is 2.56. The molecule has 24 heavy (non-hydrogen) atoms. The van der Waals surface area contributed by atoms with Crippen molar-refractivity contribution in [3.63, 3.8) is 0 Å². The lowest BCUT2D eigenvalue weighted by Crippen LogP contribution is -2.39. The van der Waals surface area contributed by atoms with Crippen LogP contribution in [0.15, 0.2) is 18.2 Å². The van der Waals surface area contributed by atoms with Gasteiger partial charge >= 0.3 is 6.18 Å². The van der Waals surface area contributed by atoms with Crippen molar-refractivity contribution >= 4 is 11.8 Å². The van der Waals surface area contributed by atoms with E-state index in [1.807, 2.05) is 0 Å². The summed E-state index contributed by atoms with van der Waals surface area (Å²) in [5.41, 5.74) is -0.0500. The van der Waals surface area contributed by atoms with Crippen molar-refractivity contribution < 1.29 is 31.5 Å². The number of amides is 2. The van der Waals surface area contributed by atoms with Crippen molar-refractivity contribution in [2.45, 2.75) is 38.0 Å². The van der Waals surface area contributed by atoms with Gasteiger partial charge in [-0.3, -0.25) is 9.59 Å². The number of carbonyl (C=O) groups excluding carboxylic acids is 2. The van der Waals surface area contributed by atoms with Crippen LogP contribution in [0.5, 0.6) is 0 Å². The molecule has 4 nitrogen and oxygen atoms in total. The second-order valence-corrected chi connectivity index (χ2v) is 5.52. The molecule has 1 aromatic rings. The average Bonchev–Trinajstić information content (AvgIpc) is 2.82. The SMILES string of the molecule is O=C(CC1CCC(=O)N1Cc1cccc(F)c1F)NCC(F)(F)F. The van der Waals surface area contributed by atoms with Gasteiger partial charge in [-0.2, -0.15) is 13.2 Å². The monoisotopic (exact) mass is 350 g/mol. The molecule has 2 amide bonds. The van der Waals surface area contributed by atoms with Crippen molar-refractivity contribution in [3.05, 3.63) is 35.4 Å². The Hall–Kier alpha value is -2.19. The maximum Gasteiger partial charge on any atom is 0.405 e. The van der Waals surface area contributed by atoms with Gasteiger partial charge in [0.1, 0.15) is 6.54 Å². The second-order valence-electron chi connectivity index (χ2n) is 5.52. The number of hydrogen-bond acceptors (Lipinski definition) is 2. The predicted octanol–water partition coefficient (Wildman–Crippen LogP) is 2.52. The first-order valence-corrected chi connectivity index (χ1v) is 7.23. The molecule has 1 saturated heterocycles. The van der Waals surface area contributed by atoms with Gasteiger partial charge in [-0.25, -0.2) is 8.78 Å². The Balaban J connectivity index is 2.01. The van der Waals surface area contributed by atoms with Crippen LogP contribution in [0.4, 0.5) is 22.0 Å². The first-order valence-electron chi connectivity index (χ1n) is 7.23. The zero-order valence-corrected chi connectivity index (χ0v) is 12.5. The van der Waals surface area contributed by atoms with Gasteiger partial charge in [0.25, 0.3) is 0 Å². The van der Waals surface area contributed by atoms with Gasteiger partial charge in [-0.1, -0.05) is 12.1 Å². The Kier molecular flexibility index (Phi) is 5.40. The molecule has 1 N–H and O–H groups in total. The molecule has 132 valence electrons. The Morgan fingerprint density at radius 1 is 1.29 bits per heavy atom. The van der Waals surface area contributed by atoms with Crippen molar-refractivity contribution in [2.75, 3.05) is 6.54 Å². The normalized spacial score (nSPS) is 18.1. The minimum Gasteiger partial charge on any atom is -0.347 e. The van der Waals surface area contributed by atoms with Gasteiger partial charge in [-0.05, 0) is 12.5 Å². The van der Waals surface area contributed by atoms with Crippen LogP contribution >= 0.6 is 0 Å². The van der Waals surface area contributed by atoms with Gasteiger partial charge < -0.3 is 10.2 Å². The summed E-state index contributed by atoms with van der Waals surface area (Å²) >= 11 is 0. The molecule has 1 aliphatic heterocycles. The molecule has 2 rings (SSSR count). The van der Waals surface area contributed by atoms with Gasteiger partial charge in [-0.15, -0.1) is 0 Å². The van der Waals surface area contributed by atoms with Crippen molar-refractivity contribution in [2.24, 2.45) is 0 Å². The minimum absolute atomic E-state index is 0.0500. The zero-order valence-electron chi connectivity index (χ0n) is 12.5. The van der Waals surface area contributed by atoms with E-state index in [1.165, 1.54) is 17.0 Å². The number of hydrogen-bond donors (Lipinski definition) is 1. The highest BCUT2D eigenvalue weighted by molar-refractivity contribution is 5.82. The van der Waals surface area contributed by atoms with E-state index in [9.17, 15) is 31.5 Å². The van der Waals surface area contributed by atoms with E-state index in [4.69, 9.17) is 0 Å². The summed E-state index contributed by atoms with van der Waals surface area (Å²) in [7, 11) is 0. The highest BCUT2D eigenvalue weighted by Gasteiger charge is 2.34. The average molecular weight is 350 g/mol. The van der Waals surface area contributed by atoms with Crippen LogP contribution in [0.2, 0.25) is 0 Å². The molecule has 0 spiro atoms. The summed E-state index contributed by atoms with van der Waals surface area (Å²) in [6, 6.07) is 2.89. The Bertz CT molecular complexity index is 633. The summed E-state index contributed by atoms with van der Waals surface area (Å²) in [6.07, 6.45) is -4.46. The van der Waals surface area contributed by atoms with E-state index in [0.717, 1.165) is 6.07 Å². The number of benzene rings is 1. The fourth-order valence-corrected chi connectivity index (χ4v) is 2.56. The molecule has 1 atom stereocenters. The molecule has 0 radical (unpaired) electrons. The summed E-state index contributed by atoms with van der Waals surface area (Å²) in [4.78, 5) is 24.7. The lowest BCUT2D eigenvalue weighted by Gasteiger charge is -2.25. The molecule has 1 unspecified atom stereocenters. The van der Waals surface area contributed by atoms with Crippen LogP contribution in [0.25, 0.3) is 0 Å². The smallest absolute Gasteiger partial charge is 0.347 e. The first kappa shape index (κ1) is 18.2. The number of nitrogens with one attached hydrogen (secondary N) is 1. The number of alkyl halides is 3. The Morgan fingerprint density at radius 2 is 2.00 bits per heavy atom. The van der Waals surface area contributed by atoms with Gasteiger partial charge in [0.15, 0.2) is 11.6 Å². The molecule has 0 bridgehead atoms. The van der Waals surface area contributed by atoms with Crippen molar-refractivity contribution in [1.29, 1.82) is 0 Å². The maximum absolute atomic E-state index is 13.7. The van der Waals surface area contributed by atoms with Crippen LogP contribution in [-0.4, -0.2) is 35.5 Å². The van der Waals surface area contributed by atoms with Crippen LogP contribution in [0.3, 0.4) is 0 Å². The van der Waals surface area contributed by atoms with E-state index >= 15 is 0 Å². The standard InChI is InChI=1S/C15H15F5N2O2/c16-11-3-1-2-9(14(11)17)7-22-10(4-5-13(22)24)6-12(23)21-8-15(18,19)20/h1-3,10H,4-8H2,(H,21,23). The molecule has 1 aliphatic rings. The second kappa shape index (κ2) is 7.14. The molecule has 0 saturated carbocycles. The quantitative estimate of drug-likeness (QED) is 0.830. The Morgan fingerprint density at radius 3 is 2.67 bits per heavy atom. The molecular formula is C15H15F5N2O2. The number of rotatable bonds is 5. The van der Waals surface area contributed by atoms with Crippen LogP contribution in [-0.2, 0) is 16.1 Å². The molecule has 1 aromatic carbocycles. The third kappa shape index (κ3) is 4.65. The Labute approximate surface area is 134 Å². The molecule has 1 heterocycles. The van der Waals surface area contributed by atoms with E-state index in [-0.39, 0.29) is 37.3 Å². The van der Waals surface area contributed by atoms with E-state index in [2.05, 4.69) is 0 Å². The summed E-state index contributed by atoms with van der Waals surface area (Å²) < 4.78 is 63.2. The molecule has 9 heteroatoms. The number of carbonyl (C=O) groups is 2. The highest BCUT2D eigenvalue weighted by Crippen LogP contribution is 2.25. The third-order valence-electron chi connectivity index (χ3n) is 3.73. The molecule has 0 aliphatic carbocycles. The first-order chi connectivity index (χ1) is 11.2. The molecule has 1 fully saturated rings. The highest BCUT2D eigenvalue weighted by atomic mass is 19.4. The lowest BCUT2D eigenvalue weighted by atomic mass is 10.1. The minimum atomic E-state index is -4.52. The fraction of sp³-hybridized carbons (Fsp3) is 0.467. The summed E-state index contributed by atoms with van der Waals surface area (Å²) in [6.45, 7) is -1.69. The number of nitrogens with zero attached hydrogens (tertiary/aromatic N) is 1. The topological polar surface area (TPSA) is 49.4 Å².